The van der Waals surface area contributed by atoms with Gasteiger partial charge < -0.3 is 10.3 Å². The van der Waals surface area contributed by atoms with E-state index in [1.807, 2.05) is 0 Å². The number of hydrogen-bond acceptors (Lipinski definition) is 1. The van der Waals surface area contributed by atoms with Crippen LogP contribution < -0.4 is 5.73 Å². The van der Waals surface area contributed by atoms with Gasteiger partial charge in [0.15, 0.2) is 0 Å². The smallest absolute Gasteiger partial charge is 0.249 e. The summed E-state index contributed by atoms with van der Waals surface area (Å²) >= 11 is 0. The van der Waals surface area contributed by atoms with Crippen LogP contribution in [0.4, 0.5) is 8.78 Å². The molecule has 0 radical (unpaired) electrons. The van der Waals surface area contributed by atoms with Crippen molar-refractivity contribution >= 4 is 27.7 Å². The van der Waals surface area contributed by atoms with Crippen LogP contribution in [0, 0.1) is 11.6 Å². The highest BCUT2D eigenvalue weighted by Crippen LogP contribution is 2.33. The molecule has 0 aliphatic rings. The van der Waals surface area contributed by atoms with Gasteiger partial charge in [-0.15, -0.1) is 0 Å². The van der Waals surface area contributed by atoms with E-state index in [0.717, 1.165) is 0 Å². The number of nitrogens with two attached hydrogens (primary N) is 1. The van der Waals surface area contributed by atoms with Crippen LogP contribution in [0.3, 0.4) is 0 Å². The Kier molecular flexibility index (Phi) is 3.50. The molecule has 1 amide bonds. The molecule has 2 N–H and O–H groups in total. The lowest BCUT2D eigenvalue weighted by atomic mass is 10.1. The molecule has 0 fully saturated rings. The molecular formula is C20H14F2N2O. The van der Waals surface area contributed by atoms with E-state index in [1.54, 1.807) is 47.0 Å². The maximum absolute atomic E-state index is 14.6. The zero-order valence-corrected chi connectivity index (χ0v) is 13.2. The summed E-state index contributed by atoms with van der Waals surface area (Å²) in [5.74, 6) is -1.32. The lowest BCUT2D eigenvalue weighted by molar-refractivity contribution is 0.100. The maximum atomic E-state index is 14.6. The first-order chi connectivity index (χ1) is 12.1. The Morgan fingerprint density at radius 2 is 1.76 bits per heavy atom. The van der Waals surface area contributed by atoms with E-state index in [0.29, 0.717) is 32.9 Å². The maximum Gasteiger partial charge on any atom is 0.249 e. The molecule has 0 saturated heterocycles. The summed E-state index contributed by atoms with van der Waals surface area (Å²) in [6, 6.07) is 16.0. The third kappa shape index (κ3) is 2.45. The van der Waals surface area contributed by atoms with E-state index in [-0.39, 0.29) is 12.4 Å². The van der Waals surface area contributed by atoms with Crippen molar-refractivity contribution in [2.45, 2.75) is 6.54 Å². The van der Waals surface area contributed by atoms with E-state index in [2.05, 4.69) is 0 Å². The fourth-order valence-electron chi connectivity index (χ4n) is 3.35. The number of fused-ring (bicyclic) bond motifs is 3. The molecule has 4 aromatic rings. The number of carbonyl (C=O) groups excluding carboxylic acids is 1. The molecule has 0 spiro atoms. The average molecular weight is 336 g/mol. The summed E-state index contributed by atoms with van der Waals surface area (Å²) in [5.41, 5.74) is 7.59. The number of amides is 1. The van der Waals surface area contributed by atoms with E-state index >= 15 is 0 Å². The van der Waals surface area contributed by atoms with Crippen LogP contribution in [-0.4, -0.2) is 10.5 Å². The van der Waals surface area contributed by atoms with Gasteiger partial charge in [-0.2, -0.15) is 0 Å². The van der Waals surface area contributed by atoms with Crippen molar-refractivity contribution in [1.82, 2.24) is 4.57 Å². The van der Waals surface area contributed by atoms with Crippen molar-refractivity contribution < 1.29 is 13.6 Å². The first-order valence-corrected chi connectivity index (χ1v) is 7.80. The predicted octanol–water partition coefficient (Wildman–Crippen LogP) is 4.22. The summed E-state index contributed by atoms with van der Waals surface area (Å²) < 4.78 is 29.9. The van der Waals surface area contributed by atoms with Gasteiger partial charge in [-0.3, -0.25) is 4.79 Å². The number of aromatic nitrogens is 1. The standard InChI is InChI=1S/C20H14F2N2O/c21-13-5-1-4-12(10-13)11-24-17-9-3-7-15(20(23)25)18(17)14-6-2-8-16(22)19(14)24/h1-10H,11H2,(H2,23,25). The Labute approximate surface area is 142 Å². The van der Waals surface area contributed by atoms with Crippen LogP contribution in [0.1, 0.15) is 15.9 Å². The molecule has 124 valence electrons. The normalized spacial score (nSPS) is 11.3. The second-order valence-corrected chi connectivity index (χ2v) is 5.92. The Morgan fingerprint density at radius 1 is 1.00 bits per heavy atom. The van der Waals surface area contributed by atoms with E-state index in [1.165, 1.54) is 18.2 Å². The summed E-state index contributed by atoms with van der Waals surface area (Å²) in [7, 11) is 0. The van der Waals surface area contributed by atoms with E-state index in [9.17, 15) is 13.6 Å². The van der Waals surface area contributed by atoms with Crippen molar-refractivity contribution in [3.05, 3.63) is 83.4 Å². The van der Waals surface area contributed by atoms with Crippen LogP contribution >= 0.6 is 0 Å². The summed E-state index contributed by atoms with van der Waals surface area (Å²) in [6.45, 7) is 0.279. The van der Waals surface area contributed by atoms with Crippen LogP contribution in [0.2, 0.25) is 0 Å². The van der Waals surface area contributed by atoms with Crippen LogP contribution in [0.25, 0.3) is 21.8 Å². The Balaban J connectivity index is 2.08. The van der Waals surface area contributed by atoms with Gasteiger partial charge in [-0.05, 0) is 35.9 Å². The second kappa shape index (κ2) is 5.70. The fraction of sp³-hybridized carbons (Fsp3) is 0.0500. The summed E-state index contributed by atoms with van der Waals surface area (Å²) in [5, 5.41) is 1.22. The van der Waals surface area contributed by atoms with Gasteiger partial charge in [-0.1, -0.05) is 30.3 Å². The van der Waals surface area contributed by atoms with Crippen molar-refractivity contribution in [3.8, 4) is 0 Å². The lowest BCUT2D eigenvalue weighted by Gasteiger charge is -2.09. The summed E-state index contributed by atoms with van der Waals surface area (Å²) in [6.07, 6.45) is 0. The highest BCUT2D eigenvalue weighted by molar-refractivity contribution is 6.17. The fourth-order valence-corrected chi connectivity index (χ4v) is 3.35. The summed E-state index contributed by atoms with van der Waals surface area (Å²) in [4.78, 5) is 11.8. The van der Waals surface area contributed by atoms with Gasteiger partial charge in [0.2, 0.25) is 5.91 Å². The van der Waals surface area contributed by atoms with E-state index < -0.39 is 11.7 Å². The minimum atomic E-state index is -0.570. The third-order valence-electron chi connectivity index (χ3n) is 4.35. The minimum Gasteiger partial charge on any atom is -0.366 e. The van der Waals surface area contributed by atoms with Crippen LogP contribution in [0.5, 0.6) is 0 Å². The molecule has 0 aliphatic carbocycles. The number of benzene rings is 3. The zero-order valence-electron chi connectivity index (χ0n) is 13.2. The van der Waals surface area contributed by atoms with Gasteiger partial charge in [0.1, 0.15) is 11.6 Å². The van der Waals surface area contributed by atoms with Gasteiger partial charge in [-0.25, -0.2) is 8.78 Å². The number of rotatable bonds is 3. The number of para-hydroxylation sites is 1. The highest BCUT2D eigenvalue weighted by Gasteiger charge is 2.18. The molecule has 0 bridgehead atoms. The molecule has 5 heteroatoms. The molecule has 0 unspecified atom stereocenters. The first-order valence-electron chi connectivity index (χ1n) is 7.80. The topological polar surface area (TPSA) is 48.0 Å². The Morgan fingerprint density at radius 3 is 2.52 bits per heavy atom. The molecule has 4 rings (SSSR count). The largest absolute Gasteiger partial charge is 0.366 e. The van der Waals surface area contributed by atoms with Crippen molar-refractivity contribution in [2.75, 3.05) is 0 Å². The van der Waals surface area contributed by atoms with Gasteiger partial charge in [0.05, 0.1) is 11.0 Å². The highest BCUT2D eigenvalue weighted by atomic mass is 19.1. The number of hydrogen-bond donors (Lipinski definition) is 1. The van der Waals surface area contributed by atoms with E-state index in [4.69, 9.17) is 5.73 Å². The zero-order chi connectivity index (χ0) is 17.6. The molecule has 0 aliphatic heterocycles. The number of primary amides is 1. The SMILES string of the molecule is NC(=O)c1cccc2c1c1cccc(F)c1n2Cc1cccc(F)c1. The average Bonchev–Trinajstić information content (AvgIpc) is 2.90. The van der Waals surface area contributed by atoms with Crippen molar-refractivity contribution in [1.29, 1.82) is 0 Å². The molecule has 1 heterocycles. The first kappa shape index (κ1) is 15.3. The minimum absolute atomic E-state index is 0.279. The van der Waals surface area contributed by atoms with Crippen molar-refractivity contribution in [3.63, 3.8) is 0 Å². The quantitative estimate of drug-likeness (QED) is 0.598. The van der Waals surface area contributed by atoms with Gasteiger partial charge in [0.25, 0.3) is 0 Å². The second-order valence-electron chi connectivity index (χ2n) is 5.92. The molecule has 3 aromatic carbocycles. The van der Waals surface area contributed by atoms with Crippen LogP contribution in [-0.2, 0) is 6.54 Å². The Bertz CT molecular complexity index is 1130. The van der Waals surface area contributed by atoms with Crippen LogP contribution in [0.15, 0.2) is 60.7 Å². The molecule has 3 nitrogen and oxygen atoms in total. The molecule has 0 saturated carbocycles. The number of nitrogens with zero attached hydrogens (tertiary/aromatic N) is 1. The van der Waals surface area contributed by atoms with Crippen molar-refractivity contribution in [2.24, 2.45) is 5.73 Å². The van der Waals surface area contributed by atoms with Gasteiger partial charge >= 0.3 is 0 Å². The molecule has 1 aromatic heterocycles. The molecule has 0 atom stereocenters. The third-order valence-corrected chi connectivity index (χ3v) is 4.35. The molecule has 25 heavy (non-hydrogen) atoms. The monoisotopic (exact) mass is 336 g/mol. The number of carbonyl (C=O) groups is 1. The molecular weight excluding hydrogens is 322 g/mol. The van der Waals surface area contributed by atoms with Gasteiger partial charge in [0, 0.05) is 22.9 Å². The predicted molar refractivity (Wildman–Crippen MR) is 93.4 cm³/mol. The lowest BCUT2D eigenvalue weighted by Crippen LogP contribution is -2.11. The number of halogens is 2. The Hall–Kier alpha value is -3.21.